The van der Waals surface area contributed by atoms with Crippen LogP contribution in [0, 0.1) is 0 Å². The van der Waals surface area contributed by atoms with Crippen molar-refractivity contribution in [2.75, 3.05) is 37.6 Å². The fourth-order valence-electron chi connectivity index (χ4n) is 2.80. The molecule has 1 aliphatic heterocycles. The Morgan fingerprint density at radius 2 is 2.05 bits per heavy atom. The Morgan fingerprint density at radius 1 is 1.29 bits per heavy atom. The van der Waals surface area contributed by atoms with E-state index in [1.807, 2.05) is 18.5 Å². The lowest BCUT2D eigenvalue weighted by Crippen LogP contribution is -2.51. The van der Waals surface area contributed by atoms with E-state index >= 15 is 0 Å². The summed E-state index contributed by atoms with van der Waals surface area (Å²) in [6.07, 6.45) is 3.70. The van der Waals surface area contributed by atoms with Gasteiger partial charge in [-0.05, 0) is 35.0 Å². The molecule has 2 N–H and O–H groups in total. The first-order valence-corrected chi connectivity index (χ1v) is 8.07. The van der Waals surface area contributed by atoms with Crippen molar-refractivity contribution in [2.45, 2.75) is 13.0 Å². The smallest absolute Gasteiger partial charge is 0.112 e. The molecule has 0 spiro atoms. The number of hydrogen-bond donors (Lipinski definition) is 1. The number of pyridine rings is 2. The molecule has 0 saturated carbocycles. The lowest BCUT2D eigenvalue weighted by Gasteiger charge is -2.38. The van der Waals surface area contributed by atoms with Crippen LogP contribution in [0.15, 0.2) is 29.0 Å². The van der Waals surface area contributed by atoms with Gasteiger partial charge < -0.3 is 10.6 Å². The van der Waals surface area contributed by atoms with Crippen LogP contribution in [0.5, 0.6) is 0 Å². The zero-order valence-electron chi connectivity index (χ0n) is 12.2. The lowest BCUT2D eigenvalue weighted by molar-refractivity contribution is 0.201. The van der Waals surface area contributed by atoms with Crippen molar-refractivity contribution in [2.24, 2.45) is 5.73 Å². The highest BCUT2D eigenvalue weighted by atomic mass is 79.9. The Kier molecular flexibility index (Phi) is 4.37. The van der Waals surface area contributed by atoms with E-state index in [2.05, 4.69) is 48.7 Å². The fraction of sp³-hybridized carbons (Fsp3) is 0.467. The van der Waals surface area contributed by atoms with Crippen LogP contribution in [0.2, 0.25) is 0 Å². The molecule has 1 aliphatic rings. The van der Waals surface area contributed by atoms with E-state index in [0.29, 0.717) is 12.6 Å². The lowest BCUT2D eigenvalue weighted by atomic mass is 10.2. The van der Waals surface area contributed by atoms with E-state index in [9.17, 15) is 0 Å². The van der Waals surface area contributed by atoms with E-state index in [1.54, 1.807) is 0 Å². The average molecular weight is 350 g/mol. The minimum absolute atomic E-state index is 0.454. The second-order valence-electron chi connectivity index (χ2n) is 5.46. The summed E-state index contributed by atoms with van der Waals surface area (Å²) in [5, 5.41) is 0. The number of piperazine rings is 1. The van der Waals surface area contributed by atoms with Gasteiger partial charge in [-0.1, -0.05) is 0 Å². The summed E-state index contributed by atoms with van der Waals surface area (Å²) in [6.45, 7) is 6.99. The molecule has 0 radical (unpaired) electrons. The number of nitrogens with zero attached hydrogens (tertiary/aromatic N) is 4. The molecule has 0 amide bonds. The molecule has 2 aromatic rings. The Hall–Kier alpha value is -1.24. The number of aromatic nitrogens is 2. The molecule has 2 aromatic heterocycles. The van der Waals surface area contributed by atoms with E-state index in [-0.39, 0.29) is 0 Å². The predicted molar refractivity (Wildman–Crippen MR) is 89.5 cm³/mol. The number of anilines is 1. The van der Waals surface area contributed by atoms with Crippen LogP contribution in [0.4, 0.5) is 5.69 Å². The largest absolute Gasteiger partial charge is 0.367 e. The van der Waals surface area contributed by atoms with Gasteiger partial charge in [-0.25, -0.2) is 0 Å². The van der Waals surface area contributed by atoms with Gasteiger partial charge in [0.2, 0.25) is 0 Å². The predicted octanol–water partition coefficient (Wildman–Crippen LogP) is 1.86. The Labute approximate surface area is 133 Å². The summed E-state index contributed by atoms with van der Waals surface area (Å²) in [7, 11) is 0. The van der Waals surface area contributed by atoms with E-state index in [4.69, 9.17) is 5.73 Å². The van der Waals surface area contributed by atoms with Crippen LogP contribution in [-0.2, 0) is 0 Å². The van der Waals surface area contributed by atoms with Gasteiger partial charge in [0, 0.05) is 55.6 Å². The summed E-state index contributed by atoms with van der Waals surface area (Å²) >= 11 is 3.45. The molecule has 6 heteroatoms. The molecular formula is C15H20BrN5. The van der Waals surface area contributed by atoms with E-state index < -0.39 is 0 Å². The summed E-state index contributed by atoms with van der Waals surface area (Å²) in [6, 6.07) is 4.53. The number of fused-ring (bicyclic) bond motifs is 1. The topological polar surface area (TPSA) is 58.3 Å². The third-order valence-electron chi connectivity index (χ3n) is 4.14. The fourth-order valence-corrected chi connectivity index (χ4v) is 3.12. The van der Waals surface area contributed by atoms with Crippen molar-refractivity contribution in [1.82, 2.24) is 14.9 Å². The van der Waals surface area contributed by atoms with Gasteiger partial charge in [-0.15, -0.1) is 0 Å². The highest BCUT2D eigenvalue weighted by molar-refractivity contribution is 9.10. The monoisotopic (exact) mass is 349 g/mol. The van der Waals surface area contributed by atoms with Crippen molar-refractivity contribution in [3.63, 3.8) is 0 Å². The molecular weight excluding hydrogens is 330 g/mol. The van der Waals surface area contributed by atoms with Crippen LogP contribution in [0.3, 0.4) is 0 Å². The normalized spacial score (nSPS) is 18.1. The molecule has 1 fully saturated rings. The zero-order valence-corrected chi connectivity index (χ0v) is 13.8. The first kappa shape index (κ1) is 14.7. The van der Waals surface area contributed by atoms with Crippen molar-refractivity contribution in [1.29, 1.82) is 0 Å². The molecule has 1 atom stereocenters. The highest BCUT2D eigenvalue weighted by Gasteiger charge is 2.21. The summed E-state index contributed by atoms with van der Waals surface area (Å²) in [4.78, 5) is 13.8. The molecule has 0 aromatic carbocycles. The zero-order chi connectivity index (χ0) is 14.8. The standard InChI is InChI=1S/C15H20BrN5/c1-11(9-17)20-4-6-21(7-5-20)14-2-3-18-13-8-12(16)10-19-15(13)14/h2-3,8,10-11H,4-7,9,17H2,1H3. The van der Waals surface area contributed by atoms with Crippen LogP contribution in [0.25, 0.3) is 11.0 Å². The number of nitrogens with two attached hydrogens (primary N) is 1. The second-order valence-corrected chi connectivity index (χ2v) is 6.37. The van der Waals surface area contributed by atoms with Gasteiger partial charge in [0.05, 0.1) is 11.2 Å². The van der Waals surface area contributed by atoms with Crippen LogP contribution < -0.4 is 10.6 Å². The SMILES string of the molecule is CC(CN)N1CCN(c2ccnc3cc(Br)cnc23)CC1. The molecule has 1 saturated heterocycles. The summed E-state index contributed by atoms with van der Waals surface area (Å²) < 4.78 is 0.959. The van der Waals surface area contributed by atoms with Crippen molar-refractivity contribution >= 4 is 32.7 Å². The minimum Gasteiger partial charge on any atom is -0.367 e. The van der Waals surface area contributed by atoms with Gasteiger partial charge in [0.15, 0.2) is 0 Å². The number of halogens is 1. The third kappa shape index (κ3) is 3.02. The van der Waals surface area contributed by atoms with Crippen molar-refractivity contribution in [3.8, 4) is 0 Å². The summed E-state index contributed by atoms with van der Waals surface area (Å²) in [5.74, 6) is 0. The number of hydrogen-bond acceptors (Lipinski definition) is 5. The Bertz CT molecular complexity index is 624. The molecule has 1 unspecified atom stereocenters. The quantitative estimate of drug-likeness (QED) is 0.916. The minimum atomic E-state index is 0.454. The number of rotatable bonds is 3. The molecule has 0 bridgehead atoms. The van der Waals surface area contributed by atoms with Gasteiger partial charge in [-0.3, -0.25) is 14.9 Å². The van der Waals surface area contributed by atoms with E-state index in [0.717, 1.165) is 41.7 Å². The van der Waals surface area contributed by atoms with Crippen molar-refractivity contribution in [3.05, 3.63) is 29.0 Å². The van der Waals surface area contributed by atoms with Crippen LogP contribution >= 0.6 is 15.9 Å². The molecule has 3 rings (SSSR count). The Morgan fingerprint density at radius 3 is 2.76 bits per heavy atom. The third-order valence-corrected chi connectivity index (χ3v) is 4.58. The van der Waals surface area contributed by atoms with Crippen molar-refractivity contribution < 1.29 is 0 Å². The first-order chi connectivity index (χ1) is 10.2. The van der Waals surface area contributed by atoms with Gasteiger partial charge >= 0.3 is 0 Å². The second kappa shape index (κ2) is 6.25. The molecule has 3 heterocycles. The van der Waals surface area contributed by atoms with Crippen LogP contribution in [0.1, 0.15) is 6.92 Å². The average Bonchev–Trinajstić information content (AvgIpc) is 2.53. The maximum atomic E-state index is 5.76. The molecule has 112 valence electrons. The summed E-state index contributed by atoms with van der Waals surface area (Å²) in [5.41, 5.74) is 8.84. The molecule has 21 heavy (non-hydrogen) atoms. The van der Waals surface area contributed by atoms with E-state index in [1.165, 1.54) is 5.69 Å². The van der Waals surface area contributed by atoms with Gasteiger partial charge in [-0.2, -0.15) is 0 Å². The first-order valence-electron chi connectivity index (χ1n) is 7.28. The molecule has 0 aliphatic carbocycles. The Balaban J connectivity index is 1.82. The van der Waals surface area contributed by atoms with Crippen LogP contribution in [-0.4, -0.2) is 53.6 Å². The maximum Gasteiger partial charge on any atom is 0.112 e. The van der Waals surface area contributed by atoms with Gasteiger partial charge in [0.25, 0.3) is 0 Å². The molecule has 5 nitrogen and oxygen atoms in total. The van der Waals surface area contributed by atoms with Gasteiger partial charge in [0.1, 0.15) is 5.52 Å². The highest BCUT2D eigenvalue weighted by Crippen LogP contribution is 2.26. The maximum absolute atomic E-state index is 5.76.